The quantitative estimate of drug-likeness (QED) is 0.781. The molecule has 1 aromatic carbocycles. The van der Waals surface area contributed by atoms with Crippen molar-refractivity contribution in [1.82, 2.24) is 24.9 Å². The number of hydrogen-bond donors (Lipinski definition) is 1. The molecule has 0 unspecified atom stereocenters. The van der Waals surface area contributed by atoms with Crippen molar-refractivity contribution in [3.8, 4) is 0 Å². The molecule has 2 aromatic heterocycles. The van der Waals surface area contributed by atoms with Gasteiger partial charge < -0.3 is 9.72 Å². The minimum Gasteiger partial charge on any atom is -0.368 e. The van der Waals surface area contributed by atoms with E-state index < -0.39 is 0 Å². The third-order valence-corrected chi connectivity index (χ3v) is 5.84. The number of piperidine rings is 1. The molecule has 2 aliphatic rings. The molecule has 2 atom stereocenters. The zero-order chi connectivity index (χ0) is 17.0. The fourth-order valence-corrected chi connectivity index (χ4v) is 4.31. The molecule has 0 aliphatic carbocycles. The number of aromatic nitrogens is 4. The minimum absolute atomic E-state index is 0.203. The van der Waals surface area contributed by atoms with Crippen molar-refractivity contribution in [2.24, 2.45) is 0 Å². The molecule has 1 N–H and O–H groups in total. The van der Waals surface area contributed by atoms with E-state index in [1.54, 1.807) is 0 Å². The number of fused-ring (bicyclic) bond motifs is 4. The van der Waals surface area contributed by atoms with E-state index in [-0.39, 0.29) is 6.10 Å². The molecule has 0 radical (unpaired) electrons. The summed E-state index contributed by atoms with van der Waals surface area (Å²) in [6.07, 6.45) is 3.08. The number of benzene rings is 1. The predicted octanol–water partition coefficient (Wildman–Crippen LogP) is 2.72. The van der Waals surface area contributed by atoms with Crippen LogP contribution in [-0.4, -0.2) is 44.1 Å². The molecule has 130 valence electrons. The standard InChI is InChI=1S/C19H23N5O/c1-12-13(2)21-19-14(4-3-5-16(12)19)9-23-7-6-17-18(10-23)25-11-15-8-20-22-24(15)17/h3-5,8,17-18,21H,6-7,9-11H2,1-2H3/t17-,18-/m0/s1. The lowest BCUT2D eigenvalue weighted by atomic mass is 9.99. The maximum atomic E-state index is 6.10. The number of rotatable bonds is 2. The van der Waals surface area contributed by atoms with Crippen molar-refractivity contribution >= 4 is 10.9 Å². The Morgan fingerprint density at radius 2 is 2.24 bits per heavy atom. The highest BCUT2D eigenvalue weighted by Gasteiger charge is 2.36. The summed E-state index contributed by atoms with van der Waals surface area (Å²) in [7, 11) is 0. The summed E-state index contributed by atoms with van der Waals surface area (Å²) in [5, 5.41) is 9.65. The number of nitrogens with one attached hydrogen (secondary N) is 1. The zero-order valence-electron chi connectivity index (χ0n) is 14.7. The number of H-pyrrole nitrogens is 1. The van der Waals surface area contributed by atoms with E-state index in [2.05, 4.69) is 56.9 Å². The highest BCUT2D eigenvalue weighted by Crippen LogP contribution is 2.32. The molecule has 1 saturated heterocycles. The number of likely N-dealkylation sites (tertiary alicyclic amines) is 1. The lowest BCUT2D eigenvalue weighted by molar-refractivity contribution is -0.0703. The van der Waals surface area contributed by atoms with Gasteiger partial charge in [-0.15, -0.1) is 5.10 Å². The van der Waals surface area contributed by atoms with E-state index in [4.69, 9.17) is 4.74 Å². The molecule has 0 saturated carbocycles. The number of aryl methyl sites for hydroxylation is 2. The fourth-order valence-electron chi connectivity index (χ4n) is 4.31. The van der Waals surface area contributed by atoms with Crippen LogP contribution in [0.1, 0.15) is 35.0 Å². The van der Waals surface area contributed by atoms with E-state index in [0.717, 1.165) is 31.7 Å². The second-order valence-electron chi connectivity index (χ2n) is 7.33. The van der Waals surface area contributed by atoms with E-state index in [1.807, 2.05) is 6.20 Å². The monoisotopic (exact) mass is 337 g/mol. The topological polar surface area (TPSA) is 59.0 Å². The first-order valence-corrected chi connectivity index (χ1v) is 9.00. The molecule has 6 nitrogen and oxygen atoms in total. The van der Waals surface area contributed by atoms with Crippen LogP contribution in [0.25, 0.3) is 10.9 Å². The summed E-state index contributed by atoms with van der Waals surface area (Å²) < 4.78 is 8.17. The van der Waals surface area contributed by atoms with Gasteiger partial charge in [-0.25, -0.2) is 4.68 Å². The van der Waals surface area contributed by atoms with Crippen LogP contribution in [0, 0.1) is 13.8 Å². The van der Waals surface area contributed by atoms with Gasteiger partial charge in [0.1, 0.15) is 0 Å². The Morgan fingerprint density at radius 1 is 1.32 bits per heavy atom. The Labute approximate surface area is 146 Å². The normalized spacial score (nSPS) is 23.6. The van der Waals surface area contributed by atoms with Crippen molar-refractivity contribution in [2.45, 2.75) is 45.6 Å². The van der Waals surface area contributed by atoms with Gasteiger partial charge in [0.25, 0.3) is 0 Å². The molecular formula is C19H23N5O. The van der Waals surface area contributed by atoms with E-state index in [1.165, 1.54) is 27.7 Å². The molecule has 0 spiro atoms. The number of nitrogens with zero attached hydrogens (tertiary/aromatic N) is 4. The summed E-state index contributed by atoms with van der Waals surface area (Å²) in [5.41, 5.74) is 6.35. The van der Waals surface area contributed by atoms with Gasteiger partial charge in [-0.05, 0) is 31.4 Å². The van der Waals surface area contributed by atoms with Gasteiger partial charge in [0, 0.05) is 30.7 Å². The second-order valence-corrected chi connectivity index (χ2v) is 7.33. The Kier molecular flexibility index (Phi) is 3.43. The van der Waals surface area contributed by atoms with Crippen molar-refractivity contribution < 1.29 is 4.74 Å². The lowest BCUT2D eigenvalue weighted by Crippen LogP contribution is -2.48. The lowest BCUT2D eigenvalue weighted by Gasteiger charge is -2.41. The van der Waals surface area contributed by atoms with Crippen LogP contribution >= 0.6 is 0 Å². The summed E-state index contributed by atoms with van der Waals surface area (Å²) in [6.45, 7) is 7.91. The van der Waals surface area contributed by atoms with Gasteiger partial charge in [-0.3, -0.25) is 4.90 Å². The van der Waals surface area contributed by atoms with Crippen LogP contribution in [0.15, 0.2) is 24.4 Å². The first-order valence-electron chi connectivity index (χ1n) is 9.00. The zero-order valence-corrected chi connectivity index (χ0v) is 14.7. The van der Waals surface area contributed by atoms with E-state index in [0.29, 0.717) is 12.6 Å². The van der Waals surface area contributed by atoms with Crippen molar-refractivity contribution in [2.75, 3.05) is 13.1 Å². The Balaban J connectivity index is 1.38. The second kappa shape index (κ2) is 5.68. The van der Waals surface area contributed by atoms with Crippen LogP contribution < -0.4 is 0 Å². The maximum absolute atomic E-state index is 6.10. The van der Waals surface area contributed by atoms with Gasteiger partial charge in [-0.2, -0.15) is 0 Å². The molecule has 4 heterocycles. The van der Waals surface area contributed by atoms with Gasteiger partial charge in [0.2, 0.25) is 0 Å². The van der Waals surface area contributed by atoms with Crippen LogP contribution in [0.3, 0.4) is 0 Å². The minimum atomic E-state index is 0.203. The van der Waals surface area contributed by atoms with Crippen LogP contribution in [0.2, 0.25) is 0 Å². The molecular weight excluding hydrogens is 314 g/mol. The molecule has 0 bridgehead atoms. The Hall–Kier alpha value is -2.18. The third kappa shape index (κ3) is 2.40. The summed E-state index contributed by atoms with van der Waals surface area (Å²) in [5.74, 6) is 0. The third-order valence-electron chi connectivity index (χ3n) is 5.84. The van der Waals surface area contributed by atoms with E-state index in [9.17, 15) is 0 Å². The van der Waals surface area contributed by atoms with Crippen LogP contribution in [0.5, 0.6) is 0 Å². The summed E-state index contributed by atoms with van der Waals surface area (Å²) in [6, 6.07) is 6.94. The molecule has 2 aliphatic heterocycles. The molecule has 25 heavy (non-hydrogen) atoms. The molecule has 3 aromatic rings. The number of aromatic amines is 1. The highest BCUT2D eigenvalue weighted by atomic mass is 16.5. The number of ether oxygens (including phenoxy) is 1. The molecule has 5 rings (SSSR count). The van der Waals surface area contributed by atoms with E-state index >= 15 is 0 Å². The summed E-state index contributed by atoms with van der Waals surface area (Å²) >= 11 is 0. The van der Waals surface area contributed by atoms with Gasteiger partial charge in [-0.1, -0.05) is 23.4 Å². The first-order chi connectivity index (χ1) is 12.2. The maximum Gasteiger partial charge on any atom is 0.0932 e. The average molecular weight is 337 g/mol. The number of para-hydroxylation sites is 1. The Bertz CT molecular complexity index is 927. The highest BCUT2D eigenvalue weighted by molar-refractivity contribution is 5.87. The van der Waals surface area contributed by atoms with Crippen molar-refractivity contribution in [3.63, 3.8) is 0 Å². The summed E-state index contributed by atoms with van der Waals surface area (Å²) in [4.78, 5) is 6.07. The largest absolute Gasteiger partial charge is 0.368 e. The van der Waals surface area contributed by atoms with Crippen molar-refractivity contribution in [1.29, 1.82) is 0 Å². The number of hydrogen-bond acceptors (Lipinski definition) is 4. The van der Waals surface area contributed by atoms with Gasteiger partial charge >= 0.3 is 0 Å². The van der Waals surface area contributed by atoms with Crippen molar-refractivity contribution in [3.05, 3.63) is 46.9 Å². The van der Waals surface area contributed by atoms with Crippen LogP contribution in [0.4, 0.5) is 0 Å². The van der Waals surface area contributed by atoms with Gasteiger partial charge in [0.15, 0.2) is 0 Å². The molecule has 6 heteroatoms. The van der Waals surface area contributed by atoms with Gasteiger partial charge in [0.05, 0.1) is 36.2 Å². The fraction of sp³-hybridized carbons (Fsp3) is 0.474. The average Bonchev–Trinajstić information content (AvgIpc) is 3.21. The Morgan fingerprint density at radius 3 is 3.16 bits per heavy atom. The molecule has 1 fully saturated rings. The SMILES string of the molecule is Cc1[nH]c2c(CN3CC[C@H]4[C@H](C3)OCc3cnnn34)cccc2c1C. The predicted molar refractivity (Wildman–Crippen MR) is 95.3 cm³/mol. The first kappa shape index (κ1) is 15.1. The smallest absolute Gasteiger partial charge is 0.0932 e. The molecule has 0 amide bonds. The van der Waals surface area contributed by atoms with Crippen LogP contribution in [-0.2, 0) is 17.9 Å².